The number of piperazine rings is 1. The van der Waals surface area contributed by atoms with E-state index in [2.05, 4.69) is 16.3 Å². The fourth-order valence-electron chi connectivity index (χ4n) is 2.23. The molecule has 2 aliphatic heterocycles. The van der Waals surface area contributed by atoms with E-state index in [0.717, 1.165) is 36.8 Å². The maximum absolute atomic E-state index is 6.12. The van der Waals surface area contributed by atoms with Crippen molar-refractivity contribution in [2.45, 2.75) is 5.50 Å². The number of hydrogen-bond acceptors (Lipinski definition) is 4. The van der Waals surface area contributed by atoms with Crippen LogP contribution in [0, 0.1) is 0 Å². The van der Waals surface area contributed by atoms with Gasteiger partial charge in [0.1, 0.15) is 18.7 Å². The topological polar surface area (TPSA) is 33.7 Å². The fraction of sp³-hybridized carbons (Fsp3) is 0.500. The molecule has 1 unspecified atom stereocenters. The van der Waals surface area contributed by atoms with Gasteiger partial charge in [-0.05, 0) is 12.1 Å². The second-order valence-corrected chi connectivity index (χ2v) is 4.70. The third kappa shape index (κ3) is 2.15. The molecule has 1 saturated heterocycles. The Morgan fingerprint density at radius 3 is 3.06 bits per heavy atom. The molecular weight excluding hydrogens is 240 g/mol. The minimum Gasteiger partial charge on any atom is -0.486 e. The van der Waals surface area contributed by atoms with E-state index in [1.165, 1.54) is 0 Å². The number of hydrogen-bond donors (Lipinski definition) is 1. The Kier molecular flexibility index (Phi) is 2.99. The van der Waals surface area contributed by atoms with Crippen LogP contribution in [-0.4, -0.2) is 38.3 Å². The molecule has 0 bridgehead atoms. The number of benzene rings is 1. The van der Waals surface area contributed by atoms with Gasteiger partial charge in [-0.3, -0.25) is 5.32 Å². The first-order chi connectivity index (χ1) is 8.34. The van der Waals surface area contributed by atoms with Gasteiger partial charge in [0, 0.05) is 19.6 Å². The van der Waals surface area contributed by atoms with Crippen molar-refractivity contribution in [1.29, 1.82) is 0 Å². The van der Waals surface area contributed by atoms with E-state index in [1.807, 2.05) is 12.1 Å². The highest BCUT2D eigenvalue weighted by Crippen LogP contribution is 2.39. The first-order valence-electron chi connectivity index (χ1n) is 5.85. The standard InChI is InChI=1S/C12H15ClN2O2/c13-11-8-15(5-4-14-11)9-2-1-3-10-12(9)17-7-6-16-10/h1-3,11,14H,4-8H2. The van der Waals surface area contributed by atoms with E-state index in [0.29, 0.717) is 13.2 Å². The number of nitrogens with zero attached hydrogens (tertiary/aromatic N) is 1. The summed E-state index contributed by atoms with van der Waals surface area (Å²) in [5.74, 6) is 1.68. The fourth-order valence-corrected chi connectivity index (χ4v) is 2.51. The van der Waals surface area contributed by atoms with Gasteiger partial charge in [-0.25, -0.2) is 0 Å². The molecule has 5 heteroatoms. The van der Waals surface area contributed by atoms with Gasteiger partial charge in [0.2, 0.25) is 0 Å². The first-order valence-corrected chi connectivity index (χ1v) is 6.29. The SMILES string of the molecule is ClC1CN(c2cccc3c2OCCO3)CCN1. The predicted octanol–water partition coefficient (Wildman–Crippen LogP) is 1.43. The number of alkyl halides is 1. The van der Waals surface area contributed by atoms with Crippen molar-refractivity contribution in [2.75, 3.05) is 37.7 Å². The second kappa shape index (κ2) is 4.63. The molecule has 0 amide bonds. The molecule has 2 aliphatic rings. The van der Waals surface area contributed by atoms with Crippen LogP contribution in [0.15, 0.2) is 18.2 Å². The molecule has 0 radical (unpaired) electrons. The molecule has 1 atom stereocenters. The molecule has 0 aromatic heterocycles. The lowest BCUT2D eigenvalue weighted by molar-refractivity contribution is 0.172. The number of fused-ring (bicyclic) bond motifs is 1. The zero-order chi connectivity index (χ0) is 11.7. The molecule has 1 aromatic carbocycles. The summed E-state index contributed by atoms with van der Waals surface area (Å²) >= 11 is 6.12. The highest BCUT2D eigenvalue weighted by Gasteiger charge is 2.23. The smallest absolute Gasteiger partial charge is 0.184 e. The molecule has 1 aromatic rings. The lowest BCUT2D eigenvalue weighted by Crippen LogP contribution is -2.48. The van der Waals surface area contributed by atoms with E-state index in [-0.39, 0.29) is 5.50 Å². The molecule has 2 heterocycles. The zero-order valence-electron chi connectivity index (χ0n) is 9.49. The number of para-hydroxylation sites is 1. The van der Waals surface area contributed by atoms with Crippen LogP contribution >= 0.6 is 11.6 Å². The van der Waals surface area contributed by atoms with Crippen LogP contribution in [-0.2, 0) is 0 Å². The summed E-state index contributed by atoms with van der Waals surface area (Å²) < 4.78 is 11.3. The van der Waals surface area contributed by atoms with Crippen molar-refractivity contribution in [3.8, 4) is 11.5 Å². The van der Waals surface area contributed by atoms with Gasteiger partial charge in [0.25, 0.3) is 0 Å². The van der Waals surface area contributed by atoms with Crippen LogP contribution in [0.1, 0.15) is 0 Å². The second-order valence-electron chi connectivity index (χ2n) is 4.17. The molecule has 1 N–H and O–H groups in total. The number of anilines is 1. The van der Waals surface area contributed by atoms with Crippen LogP contribution in [0.2, 0.25) is 0 Å². The van der Waals surface area contributed by atoms with Gasteiger partial charge in [0.15, 0.2) is 11.5 Å². The predicted molar refractivity (Wildman–Crippen MR) is 67.3 cm³/mol. The van der Waals surface area contributed by atoms with Crippen molar-refractivity contribution in [1.82, 2.24) is 5.32 Å². The minimum atomic E-state index is -0.0101. The Morgan fingerprint density at radius 2 is 2.18 bits per heavy atom. The molecule has 4 nitrogen and oxygen atoms in total. The van der Waals surface area contributed by atoms with E-state index >= 15 is 0 Å². The highest BCUT2D eigenvalue weighted by molar-refractivity contribution is 6.20. The van der Waals surface area contributed by atoms with Crippen LogP contribution in [0.25, 0.3) is 0 Å². The van der Waals surface area contributed by atoms with E-state index in [1.54, 1.807) is 0 Å². The lowest BCUT2D eigenvalue weighted by Gasteiger charge is -2.34. The average Bonchev–Trinajstić information content (AvgIpc) is 2.38. The van der Waals surface area contributed by atoms with Crippen molar-refractivity contribution in [3.63, 3.8) is 0 Å². The van der Waals surface area contributed by atoms with Crippen molar-refractivity contribution >= 4 is 17.3 Å². The van der Waals surface area contributed by atoms with Crippen LogP contribution < -0.4 is 19.7 Å². The molecule has 92 valence electrons. The summed E-state index contributed by atoms with van der Waals surface area (Å²) in [7, 11) is 0. The highest BCUT2D eigenvalue weighted by atomic mass is 35.5. The van der Waals surface area contributed by atoms with Gasteiger partial charge >= 0.3 is 0 Å². The Balaban J connectivity index is 1.91. The maximum Gasteiger partial charge on any atom is 0.184 e. The van der Waals surface area contributed by atoms with Gasteiger partial charge in [-0.2, -0.15) is 0 Å². The average molecular weight is 255 g/mol. The van der Waals surface area contributed by atoms with Gasteiger partial charge in [0.05, 0.1) is 5.69 Å². The maximum atomic E-state index is 6.12. The molecule has 0 aliphatic carbocycles. The lowest BCUT2D eigenvalue weighted by atomic mass is 10.2. The number of halogens is 1. The zero-order valence-corrected chi connectivity index (χ0v) is 10.2. The Hall–Kier alpha value is -1.13. The van der Waals surface area contributed by atoms with E-state index in [4.69, 9.17) is 21.1 Å². The molecule has 3 rings (SSSR count). The van der Waals surface area contributed by atoms with Crippen LogP contribution in [0.5, 0.6) is 11.5 Å². The molecule has 17 heavy (non-hydrogen) atoms. The third-order valence-corrected chi connectivity index (χ3v) is 3.31. The first kappa shape index (κ1) is 11.0. The summed E-state index contributed by atoms with van der Waals surface area (Å²) in [5.41, 5.74) is 1.07. The van der Waals surface area contributed by atoms with Gasteiger partial charge in [-0.15, -0.1) is 11.6 Å². The van der Waals surface area contributed by atoms with E-state index < -0.39 is 0 Å². The van der Waals surface area contributed by atoms with Crippen molar-refractivity contribution in [3.05, 3.63) is 18.2 Å². The summed E-state index contributed by atoms with van der Waals surface area (Å²) in [6.07, 6.45) is 0. The summed E-state index contributed by atoms with van der Waals surface area (Å²) in [6, 6.07) is 5.99. The van der Waals surface area contributed by atoms with Gasteiger partial charge in [-0.1, -0.05) is 6.07 Å². The third-order valence-electron chi connectivity index (χ3n) is 3.01. The monoisotopic (exact) mass is 254 g/mol. The molecule has 0 spiro atoms. The normalized spacial score (nSPS) is 23.6. The molecule has 0 saturated carbocycles. The van der Waals surface area contributed by atoms with Crippen LogP contribution in [0.4, 0.5) is 5.69 Å². The minimum absolute atomic E-state index is 0.0101. The molecular formula is C12H15ClN2O2. The number of ether oxygens (including phenoxy) is 2. The summed E-state index contributed by atoms with van der Waals surface area (Å²) in [6.45, 7) is 3.83. The Labute approximate surface area is 105 Å². The number of rotatable bonds is 1. The van der Waals surface area contributed by atoms with Crippen LogP contribution in [0.3, 0.4) is 0 Å². The Morgan fingerprint density at radius 1 is 1.29 bits per heavy atom. The van der Waals surface area contributed by atoms with Crippen molar-refractivity contribution in [2.24, 2.45) is 0 Å². The summed E-state index contributed by atoms with van der Waals surface area (Å²) in [4.78, 5) is 2.24. The molecule has 1 fully saturated rings. The number of nitrogens with one attached hydrogen (secondary N) is 1. The Bertz CT molecular complexity index is 413. The largest absolute Gasteiger partial charge is 0.486 e. The summed E-state index contributed by atoms with van der Waals surface area (Å²) in [5, 5.41) is 3.21. The van der Waals surface area contributed by atoms with Crippen molar-refractivity contribution < 1.29 is 9.47 Å². The quantitative estimate of drug-likeness (QED) is 0.607. The van der Waals surface area contributed by atoms with E-state index in [9.17, 15) is 0 Å². The van der Waals surface area contributed by atoms with Gasteiger partial charge < -0.3 is 14.4 Å².